The number of aromatic nitrogens is 1. The van der Waals surface area contributed by atoms with E-state index in [0.717, 1.165) is 0 Å². The number of hydrogen-bond acceptors (Lipinski definition) is 4. The summed E-state index contributed by atoms with van der Waals surface area (Å²) in [5, 5.41) is 2.64. The molecule has 0 fully saturated rings. The Morgan fingerprint density at radius 2 is 2.05 bits per heavy atom. The summed E-state index contributed by atoms with van der Waals surface area (Å²) in [7, 11) is 1.59. The van der Waals surface area contributed by atoms with Crippen LogP contribution in [0, 0.1) is 5.95 Å². The van der Waals surface area contributed by atoms with Crippen LogP contribution in [0.15, 0.2) is 42.5 Å². The van der Waals surface area contributed by atoms with Gasteiger partial charge in [-0.1, -0.05) is 12.1 Å². The van der Waals surface area contributed by atoms with E-state index in [9.17, 15) is 9.18 Å². The third-order valence-electron chi connectivity index (χ3n) is 2.60. The average Bonchev–Trinajstić information content (AvgIpc) is 2.48. The van der Waals surface area contributed by atoms with Gasteiger partial charge in [0.15, 0.2) is 0 Å². The van der Waals surface area contributed by atoms with Crippen LogP contribution >= 0.6 is 0 Å². The molecule has 1 aromatic heterocycles. The van der Waals surface area contributed by atoms with E-state index in [1.54, 1.807) is 31.4 Å². The molecule has 0 aliphatic rings. The maximum atomic E-state index is 13.0. The zero-order valence-corrected chi connectivity index (χ0v) is 11.5. The smallest absolute Gasteiger partial charge is 0.274 e. The van der Waals surface area contributed by atoms with Gasteiger partial charge in [-0.2, -0.15) is 4.39 Å². The van der Waals surface area contributed by atoms with Crippen molar-refractivity contribution < 1.29 is 18.7 Å². The minimum atomic E-state index is -0.695. The van der Waals surface area contributed by atoms with Crippen molar-refractivity contribution in [3.8, 4) is 5.75 Å². The molecule has 2 rings (SSSR count). The number of ether oxygens (including phenoxy) is 2. The third kappa shape index (κ3) is 4.54. The minimum Gasteiger partial charge on any atom is -0.491 e. The van der Waals surface area contributed by atoms with E-state index in [0.29, 0.717) is 24.7 Å². The SMILES string of the molecule is COCCOc1cccc(NC(=O)c2cccc(F)n2)c1. The highest BCUT2D eigenvalue weighted by Crippen LogP contribution is 2.17. The van der Waals surface area contributed by atoms with Gasteiger partial charge in [-0.15, -0.1) is 0 Å². The van der Waals surface area contributed by atoms with Crippen molar-refractivity contribution in [2.24, 2.45) is 0 Å². The van der Waals surface area contributed by atoms with Crippen molar-refractivity contribution in [1.82, 2.24) is 4.98 Å². The molecule has 1 amide bonds. The van der Waals surface area contributed by atoms with E-state index < -0.39 is 11.9 Å². The topological polar surface area (TPSA) is 60.5 Å². The van der Waals surface area contributed by atoms with E-state index >= 15 is 0 Å². The van der Waals surface area contributed by atoms with E-state index in [4.69, 9.17) is 9.47 Å². The number of pyridine rings is 1. The molecule has 1 N–H and O–H groups in total. The molecule has 0 atom stereocenters. The zero-order valence-electron chi connectivity index (χ0n) is 11.5. The Bertz CT molecular complexity index is 619. The number of nitrogens with one attached hydrogen (secondary N) is 1. The zero-order chi connectivity index (χ0) is 15.1. The highest BCUT2D eigenvalue weighted by Gasteiger charge is 2.09. The van der Waals surface area contributed by atoms with Gasteiger partial charge in [0.1, 0.15) is 18.1 Å². The van der Waals surface area contributed by atoms with Crippen LogP contribution in [-0.2, 0) is 4.74 Å². The fourth-order valence-electron chi connectivity index (χ4n) is 1.64. The molecule has 110 valence electrons. The lowest BCUT2D eigenvalue weighted by Crippen LogP contribution is -2.14. The molecule has 0 saturated heterocycles. The van der Waals surface area contributed by atoms with E-state index in [1.165, 1.54) is 18.2 Å². The van der Waals surface area contributed by atoms with Gasteiger partial charge in [0.2, 0.25) is 5.95 Å². The summed E-state index contributed by atoms with van der Waals surface area (Å²) in [6, 6.07) is 11.0. The molecule has 5 nitrogen and oxygen atoms in total. The van der Waals surface area contributed by atoms with Gasteiger partial charge >= 0.3 is 0 Å². The molecule has 2 aromatic rings. The molecule has 0 aliphatic carbocycles. The third-order valence-corrected chi connectivity index (χ3v) is 2.60. The fourth-order valence-corrected chi connectivity index (χ4v) is 1.64. The van der Waals surface area contributed by atoms with Crippen LogP contribution in [-0.4, -0.2) is 31.2 Å². The second kappa shape index (κ2) is 7.35. The quantitative estimate of drug-likeness (QED) is 0.656. The van der Waals surface area contributed by atoms with Crippen molar-refractivity contribution in [3.63, 3.8) is 0 Å². The molecule has 0 bridgehead atoms. The Balaban J connectivity index is 2.02. The number of amides is 1. The fraction of sp³-hybridized carbons (Fsp3) is 0.200. The van der Waals surface area contributed by atoms with Crippen LogP contribution in [0.1, 0.15) is 10.5 Å². The predicted octanol–water partition coefficient (Wildman–Crippen LogP) is 2.50. The van der Waals surface area contributed by atoms with Crippen molar-refractivity contribution in [2.45, 2.75) is 0 Å². The summed E-state index contributed by atoms with van der Waals surface area (Å²) in [4.78, 5) is 15.5. The summed E-state index contributed by atoms with van der Waals surface area (Å²) in [5.41, 5.74) is 0.557. The molecular weight excluding hydrogens is 275 g/mol. The van der Waals surface area contributed by atoms with Gasteiger partial charge in [0, 0.05) is 18.9 Å². The number of hydrogen-bond donors (Lipinski definition) is 1. The summed E-state index contributed by atoms with van der Waals surface area (Å²) >= 11 is 0. The maximum Gasteiger partial charge on any atom is 0.274 e. The molecule has 0 unspecified atom stereocenters. The molecule has 0 radical (unpaired) electrons. The number of nitrogens with zero attached hydrogens (tertiary/aromatic N) is 1. The van der Waals surface area contributed by atoms with E-state index in [2.05, 4.69) is 10.3 Å². The molecule has 0 spiro atoms. The van der Waals surface area contributed by atoms with Crippen LogP contribution in [0.25, 0.3) is 0 Å². The second-order valence-electron chi connectivity index (χ2n) is 4.17. The van der Waals surface area contributed by atoms with Crippen molar-refractivity contribution in [1.29, 1.82) is 0 Å². The number of rotatable bonds is 6. The summed E-state index contributed by atoms with van der Waals surface area (Å²) in [6.07, 6.45) is 0. The Morgan fingerprint density at radius 1 is 1.24 bits per heavy atom. The Kier molecular flexibility index (Phi) is 5.22. The Labute approximate surface area is 121 Å². The predicted molar refractivity (Wildman–Crippen MR) is 76.0 cm³/mol. The van der Waals surface area contributed by atoms with Crippen LogP contribution in [0.2, 0.25) is 0 Å². The van der Waals surface area contributed by atoms with Crippen LogP contribution < -0.4 is 10.1 Å². The molecule has 0 saturated carbocycles. The molecule has 1 heterocycles. The van der Waals surface area contributed by atoms with Gasteiger partial charge in [-0.3, -0.25) is 4.79 Å². The molecular formula is C15H15FN2O3. The van der Waals surface area contributed by atoms with Crippen molar-refractivity contribution in [2.75, 3.05) is 25.6 Å². The normalized spacial score (nSPS) is 10.2. The van der Waals surface area contributed by atoms with Crippen molar-refractivity contribution >= 4 is 11.6 Å². The van der Waals surface area contributed by atoms with Gasteiger partial charge in [0.25, 0.3) is 5.91 Å². The number of benzene rings is 1. The molecule has 1 aromatic carbocycles. The Morgan fingerprint density at radius 3 is 2.81 bits per heavy atom. The Hall–Kier alpha value is -2.47. The van der Waals surface area contributed by atoms with Crippen molar-refractivity contribution in [3.05, 3.63) is 54.1 Å². The summed E-state index contributed by atoms with van der Waals surface area (Å²) in [5.74, 6) is -0.570. The van der Waals surface area contributed by atoms with Crippen LogP contribution in [0.5, 0.6) is 5.75 Å². The molecule has 0 aliphatic heterocycles. The lowest BCUT2D eigenvalue weighted by molar-refractivity contribution is 0.102. The van der Waals surface area contributed by atoms with Gasteiger partial charge in [-0.25, -0.2) is 4.98 Å². The minimum absolute atomic E-state index is 0.0145. The number of methoxy groups -OCH3 is 1. The monoisotopic (exact) mass is 290 g/mol. The van der Waals surface area contributed by atoms with Crippen LogP contribution in [0.3, 0.4) is 0 Å². The highest BCUT2D eigenvalue weighted by molar-refractivity contribution is 6.02. The van der Waals surface area contributed by atoms with Gasteiger partial charge < -0.3 is 14.8 Å². The van der Waals surface area contributed by atoms with E-state index in [1.807, 2.05) is 0 Å². The molecule has 21 heavy (non-hydrogen) atoms. The number of anilines is 1. The van der Waals surface area contributed by atoms with Gasteiger partial charge in [0.05, 0.1) is 6.61 Å². The number of carbonyl (C=O) groups is 1. The second-order valence-corrected chi connectivity index (χ2v) is 4.17. The summed E-state index contributed by atoms with van der Waals surface area (Å²) < 4.78 is 23.3. The number of halogens is 1. The number of carbonyl (C=O) groups excluding carboxylic acids is 1. The average molecular weight is 290 g/mol. The molecule has 6 heteroatoms. The van der Waals surface area contributed by atoms with Gasteiger partial charge in [-0.05, 0) is 24.3 Å². The first-order valence-corrected chi connectivity index (χ1v) is 6.35. The maximum absolute atomic E-state index is 13.0. The highest BCUT2D eigenvalue weighted by atomic mass is 19.1. The van der Waals surface area contributed by atoms with Crippen LogP contribution in [0.4, 0.5) is 10.1 Å². The first kappa shape index (κ1) is 14.9. The first-order valence-electron chi connectivity index (χ1n) is 6.35. The summed E-state index contributed by atoms with van der Waals surface area (Å²) in [6.45, 7) is 0.892. The standard InChI is InChI=1S/C15H15FN2O3/c1-20-8-9-21-12-5-2-4-11(10-12)17-15(19)13-6-3-7-14(16)18-13/h2-7,10H,8-9H2,1H3,(H,17,19). The lowest BCUT2D eigenvalue weighted by Gasteiger charge is -2.08. The lowest BCUT2D eigenvalue weighted by atomic mass is 10.2. The van der Waals surface area contributed by atoms with E-state index in [-0.39, 0.29) is 5.69 Å². The first-order chi connectivity index (χ1) is 10.2. The largest absolute Gasteiger partial charge is 0.491 e.